The van der Waals surface area contributed by atoms with Crippen LogP contribution >= 0.6 is 15.9 Å². The summed E-state index contributed by atoms with van der Waals surface area (Å²) in [4.78, 5) is 15.7. The number of pyridine rings is 1. The second-order valence-electron chi connectivity index (χ2n) is 2.65. The van der Waals surface area contributed by atoms with Crippen LogP contribution in [-0.2, 0) is 0 Å². The highest BCUT2D eigenvalue weighted by atomic mass is 79.9. The summed E-state index contributed by atoms with van der Waals surface area (Å²) in [7, 11) is 3.60. The molecule has 5 nitrogen and oxygen atoms in total. The fourth-order valence-electron chi connectivity index (χ4n) is 0.798. The summed E-state index contributed by atoms with van der Waals surface area (Å²) < 4.78 is 0.253. The fourth-order valence-corrected chi connectivity index (χ4v) is 1.16. The molecule has 1 rings (SSSR count). The second-order valence-corrected chi connectivity index (χ2v) is 3.41. The van der Waals surface area contributed by atoms with E-state index in [2.05, 4.69) is 20.9 Å². The molecule has 0 amide bonds. The van der Waals surface area contributed by atoms with Gasteiger partial charge in [-0.05, 0) is 15.9 Å². The first-order valence-electron chi connectivity index (χ1n) is 3.49. The van der Waals surface area contributed by atoms with E-state index in [0.717, 1.165) is 0 Å². The van der Waals surface area contributed by atoms with E-state index in [1.807, 2.05) is 0 Å². The van der Waals surface area contributed by atoms with Gasteiger partial charge in [0, 0.05) is 20.2 Å². The SMILES string of the molecule is CN(C)c1cnc(Br)c([N+](=O)[O-])c1. The van der Waals surface area contributed by atoms with Crippen LogP contribution in [0.2, 0.25) is 0 Å². The van der Waals surface area contributed by atoms with Gasteiger partial charge in [0.25, 0.3) is 0 Å². The maximum Gasteiger partial charge on any atom is 0.304 e. The van der Waals surface area contributed by atoms with Gasteiger partial charge in [0.1, 0.15) is 0 Å². The molecular formula is C7H8BrN3O2. The molecule has 1 aromatic heterocycles. The van der Waals surface area contributed by atoms with Gasteiger partial charge in [-0.25, -0.2) is 4.98 Å². The first-order valence-corrected chi connectivity index (χ1v) is 4.29. The first kappa shape index (κ1) is 9.91. The highest BCUT2D eigenvalue weighted by molar-refractivity contribution is 9.10. The molecular weight excluding hydrogens is 238 g/mol. The summed E-state index contributed by atoms with van der Waals surface area (Å²) in [6.07, 6.45) is 1.57. The van der Waals surface area contributed by atoms with Crippen molar-refractivity contribution in [2.75, 3.05) is 19.0 Å². The number of hydrogen-bond donors (Lipinski definition) is 0. The average molecular weight is 246 g/mol. The van der Waals surface area contributed by atoms with Gasteiger partial charge < -0.3 is 4.90 Å². The smallest absolute Gasteiger partial charge is 0.304 e. The zero-order valence-corrected chi connectivity index (χ0v) is 8.78. The molecule has 70 valence electrons. The number of hydrogen-bond acceptors (Lipinski definition) is 4. The highest BCUT2D eigenvalue weighted by Crippen LogP contribution is 2.25. The predicted octanol–water partition coefficient (Wildman–Crippen LogP) is 1.82. The van der Waals surface area contributed by atoms with Crippen LogP contribution in [0.25, 0.3) is 0 Å². The minimum Gasteiger partial charge on any atom is -0.376 e. The Morgan fingerprint density at radius 1 is 1.62 bits per heavy atom. The number of aromatic nitrogens is 1. The standard InChI is InChI=1S/C7H8BrN3O2/c1-10(2)5-3-6(11(12)13)7(8)9-4-5/h3-4H,1-2H3. The first-order chi connectivity index (χ1) is 6.02. The number of anilines is 1. The maximum absolute atomic E-state index is 10.5. The summed E-state index contributed by atoms with van der Waals surface area (Å²) in [6.45, 7) is 0. The Morgan fingerprint density at radius 3 is 2.69 bits per heavy atom. The quantitative estimate of drug-likeness (QED) is 0.453. The molecule has 0 aromatic carbocycles. The summed E-state index contributed by atoms with van der Waals surface area (Å²) in [6, 6.07) is 1.47. The van der Waals surface area contributed by atoms with Crippen LogP contribution in [-0.4, -0.2) is 24.0 Å². The van der Waals surface area contributed by atoms with Crippen LogP contribution in [0.1, 0.15) is 0 Å². The van der Waals surface area contributed by atoms with Gasteiger partial charge in [-0.2, -0.15) is 0 Å². The number of rotatable bonds is 2. The van der Waals surface area contributed by atoms with Gasteiger partial charge in [0.15, 0.2) is 4.60 Å². The number of halogens is 1. The largest absolute Gasteiger partial charge is 0.376 e. The molecule has 0 N–H and O–H groups in total. The molecule has 1 aromatic rings. The molecule has 0 unspecified atom stereocenters. The Kier molecular flexibility index (Phi) is 2.82. The molecule has 0 saturated heterocycles. The third-order valence-electron chi connectivity index (χ3n) is 1.52. The minimum absolute atomic E-state index is 0.0220. The van der Waals surface area contributed by atoms with Gasteiger partial charge >= 0.3 is 5.69 Å². The van der Waals surface area contributed by atoms with Crippen LogP contribution < -0.4 is 4.90 Å². The molecule has 1 heterocycles. The van der Waals surface area contributed by atoms with E-state index < -0.39 is 4.92 Å². The number of nitro groups is 1. The predicted molar refractivity (Wildman–Crippen MR) is 52.9 cm³/mol. The Morgan fingerprint density at radius 2 is 2.23 bits per heavy atom. The van der Waals surface area contributed by atoms with Gasteiger partial charge in [-0.15, -0.1) is 0 Å². The average Bonchev–Trinajstić information content (AvgIpc) is 2.04. The summed E-state index contributed by atoms with van der Waals surface area (Å²) >= 11 is 3.01. The third-order valence-corrected chi connectivity index (χ3v) is 2.13. The molecule has 0 radical (unpaired) electrons. The highest BCUT2D eigenvalue weighted by Gasteiger charge is 2.14. The van der Waals surface area contributed by atoms with Gasteiger partial charge in [-0.1, -0.05) is 0 Å². The Balaban J connectivity index is 3.19. The van der Waals surface area contributed by atoms with Crippen LogP contribution in [0.5, 0.6) is 0 Å². The van der Waals surface area contributed by atoms with Crippen LogP contribution in [0, 0.1) is 10.1 Å². The molecule has 0 aliphatic heterocycles. The summed E-state index contributed by atoms with van der Waals surface area (Å²) in [5.74, 6) is 0. The van der Waals surface area contributed by atoms with Crippen LogP contribution in [0.4, 0.5) is 11.4 Å². The van der Waals surface area contributed by atoms with Crippen molar-refractivity contribution < 1.29 is 4.92 Å². The Hall–Kier alpha value is -1.17. The molecule has 0 aliphatic rings. The molecule has 13 heavy (non-hydrogen) atoms. The normalized spacial score (nSPS) is 9.77. The van der Waals surface area contributed by atoms with Crippen molar-refractivity contribution in [2.45, 2.75) is 0 Å². The van der Waals surface area contributed by atoms with E-state index in [9.17, 15) is 10.1 Å². The van der Waals surface area contributed by atoms with Crippen LogP contribution in [0.15, 0.2) is 16.9 Å². The van der Waals surface area contributed by atoms with E-state index in [1.165, 1.54) is 6.07 Å². The lowest BCUT2D eigenvalue weighted by Gasteiger charge is -2.10. The molecule has 0 spiro atoms. The lowest BCUT2D eigenvalue weighted by Crippen LogP contribution is -2.09. The van der Waals surface area contributed by atoms with E-state index in [-0.39, 0.29) is 10.3 Å². The van der Waals surface area contributed by atoms with Crippen molar-refractivity contribution in [3.8, 4) is 0 Å². The fraction of sp³-hybridized carbons (Fsp3) is 0.286. The van der Waals surface area contributed by atoms with E-state index >= 15 is 0 Å². The zero-order valence-electron chi connectivity index (χ0n) is 7.19. The summed E-state index contributed by atoms with van der Waals surface area (Å²) in [5, 5.41) is 10.5. The lowest BCUT2D eigenvalue weighted by atomic mass is 10.3. The van der Waals surface area contributed by atoms with Crippen molar-refractivity contribution >= 4 is 27.3 Å². The van der Waals surface area contributed by atoms with E-state index in [4.69, 9.17) is 0 Å². The van der Waals surface area contributed by atoms with Crippen molar-refractivity contribution in [2.24, 2.45) is 0 Å². The monoisotopic (exact) mass is 245 g/mol. The molecule has 0 bridgehead atoms. The van der Waals surface area contributed by atoms with Crippen molar-refractivity contribution in [1.82, 2.24) is 4.98 Å². The minimum atomic E-state index is -0.468. The number of nitrogens with zero attached hydrogens (tertiary/aromatic N) is 3. The van der Waals surface area contributed by atoms with E-state index in [0.29, 0.717) is 5.69 Å². The molecule has 0 fully saturated rings. The third kappa shape index (κ3) is 2.15. The molecule has 0 aliphatic carbocycles. The zero-order chi connectivity index (χ0) is 10.0. The Bertz CT molecular complexity index is 341. The molecule has 0 saturated carbocycles. The topological polar surface area (TPSA) is 59.3 Å². The second kappa shape index (κ2) is 3.69. The Labute approximate surface area is 83.7 Å². The molecule has 6 heteroatoms. The van der Waals surface area contributed by atoms with Gasteiger partial charge in [0.2, 0.25) is 0 Å². The maximum atomic E-state index is 10.5. The van der Waals surface area contributed by atoms with Crippen molar-refractivity contribution in [3.63, 3.8) is 0 Å². The van der Waals surface area contributed by atoms with Crippen LogP contribution in [0.3, 0.4) is 0 Å². The van der Waals surface area contributed by atoms with Crippen molar-refractivity contribution in [3.05, 3.63) is 27.0 Å². The summed E-state index contributed by atoms with van der Waals surface area (Å²) in [5.41, 5.74) is 0.682. The molecule has 0 atom stereocenters. The van der Waals surface area contributed by atoms with Gasteiger partial charge in [-0.3, -0.25) is 10.1 Å². The van der Waals surface area contributed by atoms with Crippen molar-refractivity contribution in [1.29, 1.82) is 0 Å². The lowest BCUT2D eigenvalue weighted by molar-refractivity contribution is -0.386. The van der Waals surface area contributed by atoms with Gasteiger partial charge in [0.05, 0.1) is 16.8 Å². The van der Waals surface area contributed by atoms with E-state index in [1.54, 1.807) is 25.2 Å².